The summed E-state index contributed by atoms with van der Waals surface area (Å²) >= 11 is 0. The van der Waals surface area contributed by atoms with Gasteiger partial charge in [-0.2, -0.15) is 0 Å². The van der Waals surface area contributed by atoms with Crippen LogP contribution in [0.1, 0.15) is 36.8 Å². The van der Waals surface area contributed by atoms with Crippen LogP contribution in [0.15, 0.2) is 12.1 Å². The zero-order valence-electron chi connectivity index (χ0n) is 10.2. The molecule has 0 saturated heterocycles. The maximum atomic E-state index is 6.14. The summed E-state index contributed by atoms with van der Waals surface area (Å²) in [6, 6.07) is 7.96. The van der Waals surface area contributed by atoms with E-state index in [1.165, 1.54) is 36.1 Å². The van der Waals surface area contributed by atoms with E-state index in [1.54, 1.807) is 0 Å². The highest BCUT2D eigenvalue weighted by Gasteiger charge is 2.21. The number of anilines is 1. The minimum absolute atomic E-state index is 0.300. The lowest BCUT2D eigenvalue weighted by atomic mass is 9.90. The molecule has 1 radical (unpaired) electrons. The van der Waals surface area contributed by atoms with Gasteiger partial charge in [0, 0.05) is 17.8 Å². The van der Waals surface area contributed by atoms with Crippen molar-refractivity contribution in [3.63, 3.8) is 0 Å². The van der Waals surface area contributed by atoms with Crippen LogP contribution in [-0.2, 0) is 0 Å². The van der Waals surface area contributed by atoms with E-state index in [2.05, 4.69) is 25.2 Å². The highest BCUT2D eigenvalue weighted by atomic mass is 15.0. The molecular formula is C14H21N2. The van der Waals surface area contributed by atoms with E-state index in [9.17, 15) is 0 Å². The van der Waals surface area contributed by atoms with Gasteiger partial charge in [0.25, 0.3) is 0 Å². The van der Waals surface area contributed by atoms with E-state index in [-0.39, 0.29) is 0 Å². The van der Waals surface area contributed by atoms with Gasteiger partial charge < -0.3 is 11.1 Å². The summed E-state index contributed by atoms with van der Waals surface area (Å²) in [6.07, 6.45) is 4.90. The Balaban J connectivity index is 2.10. The Kier molecular flexibility index (Phi) is 3.49. The number of nitrogens with two attached hydrogens (primary N) is 1. The Hall–Kier alpha value is -1.02. The number of nitrogens with one attached hydrogen (secondary N) is 1. The predicted octanol–water partition coefficient (Wildman–Crippen LogP) is 2.79. The van der Waals surface area contributed by atoms with Crippen LogP contribution in [0, 0.1) is 19.9 Å². The number of aryl methyl sites for hydroxylation is 1. The van der Waals surface area contributed by atoms with Gasteiger partial charge in [-0.25, -0.2) is 0 Å². The van der Waals surface area contributed by atoms with Gasteiger partial charge in [0.2, 0.25) is 0 Å². The van der Waals surface area contributed by atoms with Crippen LogP contribution >= 0.6 is 0 Å². The SMILES string of the molecule is Cc1c[c]cc(NC2CCCCC2N)c1C. The third-order valence-corrected chi connectivity index (χ3v) is 3.68. The summed E-state index contributed by atoms with van der Waals surface area (Å²) < 4.78 is 0. The zero-order valence-corrected chi connectivity index (χ0v) is 10.2. The van der Waals surface area contributed by atoms with Crippen LogP contribution in [0.3, 0.4) is 0 Å². The minimum Gasteiger partial charge on any atom is -0.381 e. The van der Waals surface area contributed by atoms with Crippen molar-refractivity contribution in [2.24, 2.45) is 5.73 Å². The standard InChI is InChI=1S/C14H21N2/c1-10-6-5-9-13(11(10)2)16-14-8-4-3-7-12(14)15/h6,9,12,14,16H,3-4,7-8,15H2,1-2H3. The average molecular weight is 217 g/mol. The lowest BCUT2D eigenvalue weighted by molar-refractivity contribution is 0.404. The van der Waals surface area contributed by atoms with Gasteiger partial charge in [0.1, 0.15) is 0 Å². The Bertz CT molecular complexity index is 360. The first-order chi connectivity index (χ1) is 7.68. The Morgan fingerprint density at radius 1 is 1.25 bits per heavy atom. The minimum atomic E-state index is 0.300. The summed E-state index contributed by atoms with van der Waals surface area (Å²) in [7, 11) is 0. The van der Waals surface area contributed by atoms with E-state index in [1.807, 2.05) is 12.1 Å². The van der Waals surface area contributed by atoms with Crippen molar-refractivity contribution in [1.29, 1.82) is 0 Å². The van der Waals surface area contributed by atoms with Crippen molar-refractivity contribution in [2.75, 3.05) is 5.32 Å². The summed E-state index contributed by atoms with van der Waals surface area (Å²) in [5.74, 6) is 0. The maximum absolute atomic E-state index is 6.14. The second-order valence-electron chi connectivity index (χ2n) is 4.88. The van der Waals surface area contributed by atoms with Crippen molar-refractivity contribution in [3.05, 3.63) is 29.3 Å². The molecule has 1 aromatic carbocycles. The zero-order chi connectivity index (χ0) is 11.5. The Morgan fingerprint density at radius 2 is 2.00 bits per heavy atom. The van der Waals surface area contributed by atoms with Gasteiger partial charge in [-0.3, -0.25) is 0 Å². The molecule has 1 aromatic rings. The van der Waals surface area contributed by atoms with Gasteiger partial charge in [-0.05, 0) is 49.9 Å². The second kappa shape index (κ2) is 4.88. The van der Waals surface area contributed by atoms with Crippen LogP contribution in [-0.4, -0.2) is 12.1 Å². The van der Waals surface area contributed by atoms with Crippen LogP contribution in [0.25, 0.3) is 0 Å². The average Bonchev–Trinajstić information content (AvgIpc) is 2.28. The molecule has 2 nitrogen and oxygen atoms in total. The van der Waals surface area contributed by atoms with Gasteiger partial charge in [0.15, 0.2) is 0 Å². The predicted molar refractivity (Wildman–Crippen MR) is 68.6 cm³/mol. The van der Waals surface area contributed by atoms with Gasteiger partial charge in [-0.15, -0.1) is 0 Å². The summed E-state index contributed by atoms with van der Waals surface area (Å²) in [5, 5.41) is 3.58. The van der Waals surface area contributed by atoms with Crippen molar-refractivity contribution >= 4 is 5.69 Å². The summed E-state index contributed by atoms with van der Waals surface area (Å²) in [4.78, 5) is 0. The fraction of sp³-hybridized carbons (Fsp3) is 0.571. The maximum Gasteiger partial charge on any atom is 0.0412 e. The lowest BCUT2D eigenvalue weighted by Crippen LogP contribution is -2.42. The van der Waals surface area contributed by atoms with Crippen molar-refractivity contribution in [2.45, 2.75) is 51.6 Å². The fourth-order valence-electron chi connectivity index (χ4n) is 2.37. The molecule has 0 aromatic heterocycles. The first-order valence-electron chi connectivity index (χ1n) is 6.18. The molecule has 1 aliphatic rings. The molecule has 3 N–H and O–H groups in total. The number of hydrogen-bond donors (Lipinski definition) is 2. The molecule has 2 unspecified atom stereocenters. The Morgan fingerprint density at radius 3 is 2.75 bits per heavy atom. The number of benzene rings is 1. The number of hydrogen-bond acceptors (Lipinski definition) is 2. The van der Waals surface area contributed by atoms with E-state index in [4.69, 9.17) is 5.73 Å². The van der Waals surface area contributed by atoms with Gasteiger partial charge in [0.05, 0.1) is 0 Å². The van der Waals surface area contributed by atoms with E-state index >= 15 is 0 Å². The van der Waals surface area contributed by atoms with Crippen LogP contribution in [0.2, 0.25) is 0 Å². The molecular weight excluding hydrogens is 196 g/mol. The summed E-state index contributed by atoms with van der Waals surface area (Å²) in [5.41, 5.74) is 9.94. The highest BCUT2D eigenvalue weighted by Crippen LogP contribution is 2.24. The molecule has 87 valence electrons. The van der Waals surface area contributed by atoms with Crippen molar-refractivity contribution < 1.29 is 0 Å². The molecule has 0 spiro atoms. The molecule has 2 heteroatoms. The van der Waals surface area contributed by atoms with Crippen LogP contribution in [0.4, 0.5) is 5.69 Å². The molecule has 0 amide bonds. The second-order valence-corrected chi connectivity index (χ2v) is 4.88. The topological polar surface area (TPSA) is 38.0 Å². The molecule has 1 aliphatic carbocycles. The van der Waals surface area contributed by atoms with Crippen molar-refractivity contribution in [3.8, 4) is 0 Å². The molecule has 0 aliphatic heterocycles. The first-order valence-corrected chi connectivity index (χ1v) is 6.18. The van der Waals surface area contributed by atoms with E-state index < -0.39 is 0 Å². The molecule has 2 atom stereocenters. The first kappa shape index (κ1) is 11.5. The normalized spacial score (nSPS) is 25.4. The molecule has 1 saturated carbocycles. The van der Waals surface area contributed by atoms with Crippen LogP contribution in [0.5, 0.6) is 0 Å². The summed E-state index contributed by atoms with van der Waals surface area (Å²) in [6.45, 7) is 4.28. The number of rotatable bonds is 2. The van der Waals surface area contributed by atoms with Gasteiger partial charge in [-0.1, -0.05) is 18.9 Å². The van der Waals surface area contributed by atoms with Crippen LogP contribution < -0.4 is 11.1 Å². The van der Waals surface area contributed by atoms with E-state index in [0.29, 0.717) is 12.1 Å². The lowest BCUT2D eigenvalue weighted by Gasteiger charge is -2.30. The third-order valence-electron chi connectivity index (χ3n) is 3.68. The molecule has 1 fully saturated rings. The van der Waals surface area contributed by atoms with Crippen molar-refractivity contribution in [1.82, 2.24) is 0 Å². The fourth-order valence-corrected chi connectivity index (χ4v) is 2.37. The monoisotopic (exact) mass is 217 g/mol. The molecule has 0 heterocycles. The smallest absolute Gasteiger partial charge is 0.0412 e. The molecule has 0 bridgehead atoms. The third kappa shape index (κ3) is 2.38. The Labute approximate surface area is 98.2 Å². The molecule has 16 heavy (non-hydrogen) atoms. The van der Waals surface area contributed by atoms with E-state index in [0.717, 1.165) is 6.42 Å². The quantitative estimate of drug-likeness (QED) is 0.799. The van der Waals surface area contributed by atoms with Gasteiger partial charge >= 0.3 is 0 Å². The molecule has 2 rings (SSSR count). The largest absolute Gasteiger partial charge is 0.381 e. The highest BCUT2D eigenvalue weighted by molar-refractivity contribution is 5.54.